The van der Waals surface area contributed by atoms with E-state index in [4.69, 9.17) is 17.3 Å². The number of thiocarbonyl (C=S) groups is 1. The molecule has 0 aliphatic carbocycles. The van der Waals surface area contributed by atoms with E-state index in [9.17, 15) is 0 Å². The molecule has 0 fully saturated rings. The predicted octanol–water partition coefficient (Wildman–Crippen LogP) is 1.50. The third-order valence-electron chi connectivity index (χ3n) is 1.17. The second-order valence-corrected chi connectivity index (χ2v) is 3.00. The summed E-state index contributed by atoms with van der Waals surface area (Å²) in [4.78, 5) is 0. The van der Waals surface area contributed by atoms with Gasteiger partial charge in [-0.15, -0.1) is 0 Å². The van der Waals surface area contributed by atoms with E-state index in [1.807, 2.05) is 12.1 Å². The number of nitrogens with two attached hydrogens (primary N) is 1. The molecule has 0 aromatic heterocycles. The molecule has 0 heterocycles. The third kappa shape index (κ3) is 2.94. The Morgan fingerprint density at radius 3 is 2.42 bits per heavy atom. The molecule has 0 radical (unpaired) electrons. The van der Waals surface area contributed by atoms with Gasteiger partial charge in [0.15, 0.2) is 5.11 Å². The van der Waals surface area contributed by atoms with E-state index < -0.39 is 0 Å². The minimum absolute atomic E-state index is 0.199. The molecule has 0 spiro atoms. The Hall–Kier alpha value is -1.00. The lowest BCUT2D eigenvalue weighted by Gasteiger charge is -2.06. The van der Waals surface area contributed by atoms with Gasteiger partial charge >= 0.3 is 0 Å². The number of anilines is 1. The molecule has 0 bridgehead atoms. The summed E-state index contributed by atoms with van der Waals surface area (Å²) in [5.41, 5.74) is 11.4. The molecule has 12 heavy (non-hydrogen) atoms. The maximum Gasteiger partial charge on any atom is 0.182 e. The monoisotopic (exact) mass is 201 g/mol. The number of halogens is 1. The van der Waals surface area contributed by atoms with E-state index >= 15 is 0 Å². The first-order chi connectivity index (χ1) is 5.68. The van der Waals surface area contributed by atoms with Gasteiger partial charge in [0, 0.05) is 5.02 Å². The van der Waals surface area contributed by atoms with E-state index in [1.54, 1.807) is 12.1 Å². The minimum Gasteiger partial charge on any atom is -0.375 e. The summed E-state index contributed by atoms with van der Waals surface area (Å²) in [5, 5.41) is 0.890. The summed E-state index contributed by atoms with van der Waals surface area (Å²) in [6, 6.07) is 7.16. The Balaban J connectivity index is 2.53. The number of hydrogen-bond donors (Lipinski definition) is 3. The van der Waals surface area contributed by atoms with Crippen molar-refractivity contribution in [2.45, 2.75) is 0 Å². The summed E-state index contributed by atoms with van der Waals surface area (Å²) in [6.07, 6.45) is 0. The molecule has 5 heteroatoms. The molecule has 4 N–H and O–H groups in total. The zero-order chi connectivity index (χ0) is 8.97. The van der Waals surface area contributed by atoms with Crippen molar-refractivity contribution >= 4 is 34.6 Å². The highest BCUT2D eigenvalue weighted by Gasteiger charge is 1.90. The van der Waals surface area contributed by atoms with Crippen molar-refractivity contribution < 1.29 is 0 Å². The van der Waals surface area contributed by atoms with Crippen LogP contribution in [0.1, 0.15) is 0 Å². The SMILES string of the molecule is NC(=S)NNc1ccc(Cl)cc1. The highest BCUT2D eigenvalue weighted by Crippen LogP contribution is 2.12. The van der Waals surface area contributed by atoms with Crippen molar-refractivity contribution in [1.29, 1.82) is 0 Å². The molecule has 0 aliphatic heterocycles. The van der Waals surface area contributed by atoms with Crippen molar-refractivity contribution in [2.75, 3.05) is 5.43 Å². The first-order valence-electron chi connectivity index (χ1n) is 3.25. The summed E-state index contributed by atoms with van der Waals surface area (Å²) in [7, 11) is 0. The fourth-order valence-electron chi connectivity index (χ4n) is 0.667. The average Bonchev–Trinajstić information content (AvgIpc) is 2.03. The van der Waals surface area contributed by atoms with Gasteiger partial charge in [0.1, 0.15) is 0 Å². The van der Waals surface area contributed by atoms with Gasteiger partial charge < -0.3 is 5.73 Å². The van der Waals surface area contributed by atoms with Gasteiger partial charge in [-0.3, -0.25) is 10.9 Å². The third-order valence-corrected chi connectivity index (χ3v) is 1.53. The van der Waals surface area contributed by atoms with Crippen LogP contribution in [0.4, 0.5) is 5.69 Å². The second kappa shape index (κ2) is 4.13. The van der Waals surface area contributed by atoms with Crippen molar-refractivity contribution in [1.82, 2.24) is 5.43 Å². The Labute approximate surface area is 80.9 Å². The van der Waals surface area contributed by atoms with E-state index in [2.05, 4.69) is 23.1 Å². The predicted molar refractivity (Wildman–Crippen MR) is 55.0 cm³/mol. The highest BCUT2D eigenvalue weighted by molar-refractivity contribution is 7.80. The molecular formula is C7H8ClN3S. The molecule has 0 atom stereocenters. The summed E-state index contributed by atoms with van der Waals surface area (Å²) >= 11 is 10.3. The number of hydrogen-bond acceptors (Lipinski definition) is 2. The number of nitrogens with one attached hydrogen (secondary N) is 2. The quantitative estimate of drug-likeness (QED) is 0.502. The first kappa shape index (κ1) is 9.09. The van der Waals surface area contributed by atoms with Crippen LogP contribution >= 0.6 is 23.8 Å². The number of rotatable bonds is 2. The van der Waals surface area contributed by atoms with Crippen LogP contribution in [0.15, 0.2) is 24.3 Å². The van der Waals surface area contributed by atoms with Crippen molar-refractivity contribution in [3.05, 3.63) is 29.3 Å². The van der Waals surface area contributed by atoms with E-state index in [0.29, 0.717) is 5.02 Å². The average molecular weight is 202 g/mol. The van der Waals surface area contributed by atoms with Crippen LogP contribution in [0.5, 0.6) is 0 Å². The topological polar surface area (TPSA) is 50.1 Å². The maximum absolute atomic E-state index is 5.68. The van der Waals surface area contributed by atoms with Crippen LogP contribution < -0.4 is 16.6 Å². The molecular weight excluding hydrogens is 194 g/mol. The zero-order valence-corrected chi connectivity index (χ0v) is 7.75. The van der Waals surface area contributed by atoms with Crippen LogP contribution in [0.3, 0.4) is 0 Å². The highest BCUT2D eigenvalue weighted by atomic mass is 35.5. The lowest BCUT2D eigenvalue weighted by atomic mass is 10.3. The maximum atomic E-state index is 5.68. The van der Waals surface area contributed by atoms with Gasteiger partial charge in [-0.05, 0) is 36.5 Å². The fraction of sp³-hybridized carbons (Fsp3) is 0. The first-order valence-corrected chi connectivity index (χ1v) is 4.04. The zero-order valence-electron chi connectivity index (χ0n) is 6.17. The Kier molecular flexibility index (Phi) is 3.13. The van der Waals surface area contributed by atoms with Crippen LogP contribution in [0.2, 0.25) is 5.02 Å². The van der Waals surface area contributed by atoms with Gasteiger partial charge in [0.25, 0.3) is 0 Å². The van der Waals surface area contributed by atoms with Crippen LogP contribution in [0, 0.1) is 0 Å². The molecule has 0 saturated heterocycles. The Morgan fingerprint density at radius 2 is 1.92 bits per heavy atom. The molecule has 0 aliphatic rings. The molecule has 3 nitrogen and oxygen atoms in total. The molecule has 1 rings (SSSR count). The number of benzene rings is 1. The number of hydrazine groups is 1. The summed E-state index contributed by atoms with van der Waals surface area (Å²) < 4.78 is 0. The molecule has 1 aromatic carbocycles. The van der Waals surface area contributed by atoms with Gasteiger partial charge in [0.05, 0.1) is 5.69 Å². The van der Waals surface area contributed by atoms with Crippen molar-refractivity contribution in [2.24, 2.45) is 5.73 Å². The Morgan fingerprint density at radius 1 is 1.33 bits per heavy atom. The summed E-state index contributed by atoms with van der Waals surface area (Å²) in [5.74, 6) is 0. The summed E-state index contributed by atoms with van der Waals surface area (Å²) in [6.45, 7) is 0. The van der Waals surface area contributed by atoms with Gasteiger partial charge in [-0.1, -0.05) is 11.6 Å². The van der Waals surface area contributed by atoms with Crippen LogP contribution in [0.25, 0.3) is 0 Å². The molecule has 0 unspecified atom stereocenters. The molecule has 1 aromatic rings. The van der Waals surface area contributed by atoms with Crippen molar-refractivity contribution in [3.63, 3.8) is 0 Å². The van der Waals surface area contributed by atoms with Crippen LogP contribution in [-0.2, 0) is 0 Å². The van der Waals surface area contributed by atoms with Gasteiger partial charge in [-0.2, -0.15) is 0 Å². The van der Waals surface area contributed by atoms with E-state index in [-0.39, 0.29) is 5.11 Å². The van der Waals surface area contributed by atoms with Crippen LogP contribution in [-0.4, -0.2) is 5.11 Å². The largest absolute Gasteiger partial charge is 0.375 e. The van der Waals surface area contributed by atoms with Gasteiger partial charge in [0.2, 0.25) is 0 Å². The molecule has 0 saturated carbocycles. The second-order valence-electron chi connectivity index (χ2n) is 2.12. The minimum atomic E-state index is 0.199. The molecule has 64 valence electrons. The lowest BCUT2D eigenvalue weighted by molar-refractivity contribution is 1.13. The molecule has 0 amide bonds. The Bertz CT molecular complexity index is 272. The lowest BCUT2D eigenvalue weighted by Crippen LogP contribution is -2.33. The normalized spacial score (nSPS) is 9.08. The van der Waals surface area contributed by atoms with E-state index in [1.165, 1.54) is 0 Å². The van der Waals surface area contributed by atoms with Crippen molar-refractivity contribution in [3.8, 4) is 0 Å². The standard InChI is InChI=1S/C7H8ClN3S/c8-5-1-3-6(4-2-5)10-11-7(9)12/h1-4,10H,(H3,9,11,12). The van der Waals surface area contributed by atoms with E-state index in [0.717, 1.165) is 5.69 Å². The fourth-order valence-corrected chi connectivity index (χ4v) is 0.844. The smallest absolute Gasteiger partial charge is 0.182 e. The van der Waals surface area contributed by atoms with Gasteiger partial charge in [-0.25, -0.2) is 0 Å².